The second-order valence-electron chi connectivity index (χ2n) is 2.82. The lowest BCUT2D eigenvalue weighted by Gasteiger charge is -2.13. The Balaban J connectivity index is 3.11. The van der Waals surface area contributed by atoms with E-state index in [2.05, 4.69) is 15.9 Å². The molecule has 14 heavy (non-hydrogen) atoms. The summed E-state index contributed by atoms with van der Waals surface area (Å²) in [5, 5.41) is 0. The minimum atomic E-state index is -0.609. The molecular weight excluding hydrogens is 272 g/mol. The van der Waals surface area contributed by atoms with Crippen LogP contribution in [0.15, 0.2) is 16.6 Å². The third-order valence-electron chi connectivity index (χ3n) is 1.80. The van der Waals surface area contributed by atoms with Gasteiger partial charge in [-0.2, -0.15) is 11.8 Å². The molecule has 0 aliphatic rings. The lowest BCUT2D eigenvalue weighted by Crippen LogP contribution is -2.16. The van der Waals surface area contributed by atoms with E-state index in [1.54, 1.807) is 0 Å². The Hall–Kier alpha value is -0.130. The van der Waals surface area contributed by atoms with Crippen molar-refractivity contribution in [2.24, 2.45) is 5.73 Å². The monoisotopic (exact) mass is 281 g/mol. The van der Waals surface area contributed by atoms with Gasteiger partial charge < -0.3 is 5.73 Å². The zero-order valence-electron chi connectivity index (χ0n) is 7.56. The van der Waals surface area contributed by atoms with Gasteiger partial charge in [-0.05, 0) is 34.3 Å². The number of rotatable bonds is 3. The van der Waals surface area contributed by atoms with Gasteiger partial charge in [0.2, 0.25) is 0 Å². The van der Waals surface area contributed by atoms with Gasteiger partial charge in [-0.1, -0.05) is 0 Å². The van der Waals surface area contributed by atoms with Crippen LogP contribution in [0.1, 0.15) is 11.6 Å². The highest BCUT2D eigenvalue weighted by atomic mass is 79.9. The number of nitrogens with two attached hydrogens (primary N) is 1. The highest BCUT2D eigenvalue weighted by molar-refractivity contribution is 9.10. The molecule has 0 aliphatic heterocycles. The van der Waals surface area contributed by atoms with Gasteiger partial charge in [0.1, 0.15) is 11.6 Å². The van der Waals surface area contributed by atoms with Crippen LogP contribution in [0.25, 0.3) is 0 Å². The maximum Gasteiger partial charge on any atom is 0.145 e. The fourth-order valence-corrected chi connectivity index (χ4v) is 2.02. The van der Waals surface area contributed by atoms with Crippen molar-refractivity contribution in [1.29, 1.82) is 0 Å². The van der Waals surface area contributed by atoms with E-state index in [0.29, 0.717) is 5.75 Å². The molecule has 78 valence electrons. The normalized spacial score (nSPS) is 12.9. The first-order valence-corrected chi connectivity index (χ1v) is 6.14. The molecule has 1 unspecified atom stereocenters. The lowest BCUT2D eigenvalue weighted by molar-refractivity contribution is 0.534. The van der Waals surface area contributed by atoms with Gasteiger partial charge in [-0.25, -0.2) is 8.78 Å². The quantitative estimate of drug-likeness (QED) is 0.862. The molecule has 1 nitrogen and oxygen atoms in total. The zero-order chi connectivity index (χ0) is 10.7. The predicted molar refractivity (Wildman–Crippen MR) is 59.4 cm³/mol. The molecule has 2 N–H and O–H groups in total. The molecule has 0 aliphatic carbocycles. The lowest BCUT2D eigenvalue weighted by atomic mass is 10.1. The van der Waals surface area contributed by atoms with Gasteiger partial charge in [0.25, 0.3) is 0 Å². The van der Waals surface area contributed by atoms with Gasteiger partial charge in [-0.3, -0.25) is 0 Å². The molecule has 0 radical (unpaired) electrons. The molecule has 0 spiro atoms. The summed E-state index contributed by atoms with van der Waals surface area (Å²) in [4.78, 5) is 0. The number of hydrogen-bond acceptors (Lipinski definition) is 2. The fourth-order valence-electron chi connectivity index (χ4n) is 1.15. The molecule has 5 heteroatoms. The molecule has 1 aromatic carbocycles. The van der Waals surface area contributed by atoms with Gasteiger partial charge >= 0.3 is 0 Å². The average molecular weight is 282 g/mol. The molecule has 0 saturated heterocycles. The van der Waals surface area contributed by atoms with Crippen LogP contribution < -0.4 is 5.73 Å². The minimum Gasteiger partial charge on any atom is -0.323 e. The summed E-state index contributed by atoms with van der Waals surface area (Å²) in [5.74, 6) is -0.705. The van der Waals surface area contributed by atoms with Crippen molar-refractivity contribution in [2.45, 2.75) is 6.04 Å². The summed E-state index contributed by atoms with van der Waals surface area (Å²) in [6.07, 6.45) is 1.84. The van der Waals surface area contributed by atoms with Crippen LogP contribution in [-0.4, -0.2) is 12.0 Å². The van der Waals surface area contributed by atoms with Crippen LogP contribution in [0.4, 0.5) is 8.78 Å². The van der Waals surface area contributed by atoms with Crippen molar-refractivity contribution in [3.05, 3.63) is 33.8 Å². The standard InChI is InChI=1S/C9H10BrF2NS/c1-14-4-7(13)8-6(11)3-2-5(10)9(8)12/h2-3,7H,4,13H2,1H3. The third-order valence-corrected chi connectivity index (χ3v) is 3.10. The predicted octanol–water partition coefficient (Wildman–Crippen LogP) is 3.09. The Morgan fingerprint density at radius 2 is 2.14 bits per heavy atom. The van der Waals surface area contributed by atoms with Crippen molar-refractivity contribution < 1.29 is 8.78 Å². The van der Waals surface area contributed by atoms with Crippen molar-refractivity contribution in [2.75, 3.05) is 12.0 Å². The van der Waals surface area contributed by atoms with E-state index in [9.17, 15) is 8.78 Å². The number of benzene rings is 1. The molecule has 0 fully saturated rings. The number of thioether (sulfide) groups is 1. The summed E-state index contributed by atoms with van der Waals surface area (Å²) in [5.41, 5.74) is 5.61. The van der Waals surface area contributed by atoms with Crippen LogP contribution in [0.5, 0.6) is 0 Å². The minimum absolute atomic E-state index is 0.0475. The summed E-state index contributed by atoms with van der Waals surface area (Å²) in [7, 11) is 0. The van der Waals surface area contributed by atoms with Crippen LogP contribution in [0, 0.1) is 11.6 Å². The summed E-state index contributed by atoms with van der Waals surface area (Å²) < 4.78 is 27.0. The van der Waals surface area contributed by atoms with E-state index in [4.69, 9.17) is 5.73 Å². The Morgan fingerprint density at radius 3 is 2.71 bits per heavy atom. The summed E-state index contributed by atoms with van der Waals surface area (Å²) >= 11 is 4.45. The van der Waals surface area contributed by atoms with E-state index in [0.717, 1.165) is 0 Å². The Labute approximate surface area is 94.2 Å². The average Bonchev–Trinajstić information content (AvgIpc) is 2.13. The van der Waals surface area contributed by atoms with Gasteiger partial charge in [0.15, 0.2) is 0 Å². The van der Waals surface area contributed by atoms with E-state index in [1.807, 2.05) is 6.26 Å². The first kappa shape index (κ1) is 11.9. The maximum atomic E-state index is 13.5. The van der Waals surface area contributed by atoms with E-state index < -0.39 is 17.7 Å². The molecule has 0 bridgehead atoms. The Kier molecular flexibility index (Phi) is 4.34. The van der Waals surface area contributed by atoms with E-state index in [1.165, 1.54) is 23.9 Å². The second kappa shape index (κ2) is 5.09. The first-order valence-electron chi connectivity index (χ1n) is 3.95. The maximum absolute atomic E-state index is 13.5. The highest BCUT2D eigenvalue weighted by Crippen LogP contribution is 2.26. The first-order chi connectivity index (χ1) is 6.57. The summed E-state index contributed by atoms with van der Waals surface area (Å²) in [6.45, 7) is 0. The van der Waals surface area contributed by atoms with E-state index >= 15 is 0 Å². The molecule has 0 saturated carbocycles. The van der Waals surface area contributed by atoms with Crippen LogP contribution in [0.2, 0.25) is 0 Å². The highest BCUT2D eigenvalue weighted by Gasteiger charge is 2.18. The second-order valence-corrected chi connectivity index (χ2v) is 4.58. The molecule has 0 amide bonds. The van der Waals surface area contributed by atoms with Crippen molar-refractivity contribution >= 4 is 27.7 Å². The number of halogens is 3. The van der Waals surface area contributed by atoms with Crippen LogP contribution >= 0.6 is 27.7 Å². The topological polar surface area (TPSA) is 26.0 Å². The van der Waals surface area contributed by atoms with Crippen molar-refractivity contribution in [1.82, 2.24) is 0 Å². The smallest absolute Gasteiger partial charge is 0.145 e. The van der Waals surface area contributed by atoms with Gasteiger partial charge in [0.05, 0.1) is 4.47 Å². The zero-order valence-corrected chi connectivity index (χ0v) is 9.96. The fraction of sp³-hybridized carbons (Fsp3) is 0.333. The largest absolute Gasteiger partial charge is 0.323 e. The van der Waals surface area contributed by atoms with E-state index in [-0.39, 0.29) is 10.0 Å². The Bertz CT molecular complexity index is 333. The number of hydrogen-bond donors (Lipinski definition) is 1. The molecule has 0 aromatic heterocycles. The summed E-state index contributed by atoms with van der Waals surface area (Å²) in [6, 6.07) is 1.94. The molecular formula is C9H10BrF2NS. The van der Waals surface area contributed by atoms with Crippen molar-refractivity contribution in [3.63, 3.8) is 0 Å². The molecule has 1 aromatic rings. The van der Waals surface area contributed by atoms with Gasteiger partial charge in [0, 0.05) is 17.4 Å². The van der Waals surface area contributed by atoms with Gasteiger partial charge in [-0.15, -0.1) is 0 Å². The SMILES string of the molecule is CSCC(N)c1c(F)ccc(Br)c1F. The molecule has 1 atom stereocenters. The van der Waals surface area contributed by atoms with Crippen LogP contribution in [0.3, 0.4) is 0 Å². The van der Waals surface area contributed by atoms with Crippen molar-refractivity contribution in [3.8, 4) is 0 Å². The molecule has 0 heterocycles. The van der Waals surface area contributed by atoms with Crippen LogP contribution in [-0.2, 0) is 0 Å². The Morgan fingerprint density at radius 1 is 1.50 bits per heavy atom. The third kappa shape index (κ3) is 2.46. The molecule has 1 rings (SSSR count).